The second-order valence-corrected chi connectivity index (χ2v) is 6.98. The molecule has 0 heterocycles. The predicted molar refractivity (Wildman–Crippen MR) is 66.2 cm³/mol. The lowest BCUT2D eigenvalue weighted by Gasteiger charge is -2.18. The van der Waals surface area contributed by atoms with Gasteiger partial charge < -0.3 is 5.73 Å². The van der Waals surface area contributed by atoms with E-state index in [4.69, 9.17) is 5.73 Å². The molecule has 1 rings (SSSR count). The zero-order valence-corrected chi connectivity index (χ0v) is 11.1. The van der Waals surface area contributed by atoms with Gasteiger partial charge in [0.1, 0.15) is 0 Å². The highest BCUT2D eigenvalue weighted by Crippen LogP contribution is 2.18. The van der Waals surface area contributed by atoms with E-state index in [0.717, 1.165) is 11.1 Å². The molecule has 4 heteroatoms. The molecule has 0 saturated carbocycles. The van der Waals surface area contributed by atoms with Gasteiger partial charge in [-0.1, -0.05) is 6.07 Å². The van der Waals surface area contributed by atoms with Crippen molar-refractivity contribution in [3.8, 4) is 0 Å². The van der Waals surface area contributed by atoms with Crippen LogP contribution in [-0.2, 0) is 9.84 Å². The average molecular weight is 241 g/mol. The molecule has 0 bridgehead atoms. The first-order valence-electron chi connectivity index (χ1n) is 5.21. The van der Waals surface area contributed by atoms with E-state index < -0.39 is 15.4 Å². The fraction of sp³-hybridized carbons (Fsp3) is 0.500. The molecule has 0 aliphatic rings. The SMILES string of the molecule is Cc1ccc(S(=O)(=O)CC(C)(C)N)cc1C. The van der Waals surface area contributed by atoms with Crippen LogP contribution in [0.1, 0.15) is 25.0 Å². The average Bonchev–Trinajstić information content (AvgIpc) is 2.05. The Morgan fingerprint density at radius 2 is 1.75 bits per heavy atom. The van der Waals surface area contributed by atoms with E-state index in [1.165, 1.54) is 0 Å². The van der Waals surface area contributed by atoms with Crippen LogP contribution in [0.25, 0.3) is 0 Å². The van der Waals surface area contributed by atoms with Crippen LogP contribution < -0.4 is 5.73 Å². The Labute approximate surface area is 97.6 Å². The molecular weight excluding hydrogens is 222 g/mol. The first-order valence-corrected chi connectivity index (χ1v) is 6.86. The number of benzene rings is 1. The van der Waals surface area contributed by atoms with Crippen molar-refractivity contribution < 1.29 is 8.42 Å². The van der Waals surface area contributed by atoms with E-state index in [1.807, 2.05) is 19.9 Å². The second kappa shape index (κ2) is 4.18. The van der Waals surface area contributed by atoms with E-state index in [1.54, 1.807) is 26.0 Å². The molecule has 2 N–H and O–H groups in total. The number of aryl methyl sites for hydroxylation is 2. The highest BCUT2D eigenvalue weighted by molar-refractivity contribution is 7.91. The Balaban J connectivity index is 3.13. The van der Waals surface area contributed by atoms with Crippen molar-refractivity contribution >= 4 is 9.84 Å². The van der Waals surface area contributed by atoms with E-state index in [2.05, 4.69) is 0 Å². The number of nitrogens with two attached hydrogens (primary N) is 1. The zero-order valence-electron chi connectivity index (χ0n) is 10.2. The topological polar surface area (TPSA) is 60.2 Å². The summed E-state index contributed by atoms with van der Waals surface area (Å²) in [5.41, 5.74) is 7.11. The molecule has 0 spiro atoms. The van der Waals surface area contributed by atoms with Crippen LogP contribution >= 0.6 is 0 Å². The summed E-state index contributed by atoms with van der Waals surface area (Å²) in [5, 5.41) is 0. The monoisotopic (exact) mass is 241 g/mol. The van der Waals surface area contributed by atoms with Crippen molar-refractivity contribution in [2.45, 2.75) is 38.1 Å². The molecular formula is C12H19NO2S. The molecule has 90 valence electrons. The van der Waals surface area contributed by atoms with E-state index in [0.29, 0.717) is 4.90 Å². The van der Waals surface area contributed by atoms with Crippen molar-refractivity contribution in [1.29, 1.82) is 0 Å². The summed E-state index contributed by atoms with van der Waals surface area (Å²) < 4.78 is 24.1. The van der Waals surface area contributed by atoms with Crippen molar-refractivity contribution in [2.75, 3.05) is 5.75 Å². The van der Waals surface area contributed by atoms with Gasteiger partial charge in [-0.2, -0.15) is 0 Å². The standard InChI is InChI=1S/C12H19NO2S/c1-9-5-6-11(7-10(9)2)16(14,15)8-12(3,4)13/h5-7H,8,13H2,1-4H3. The Bertz CT molecular complexity index is 484. The molecule has 16 heavy (non-hydrogen) atoms. The number of rotatable bonds is 3. The number of hydrogen-bond acceptors (Lipinski definition) is 3. The fourth-order valence-corrected chi connectivity index (χ4v) is 3.26. The Morgan fingerprint density at radius 3 is 2.19 bits per heavy atom. The van der Waals surface area contributed by atoms with Crippen LogP contribution in [0.3, 0.4) is 0 Å². The van der Waals surface area contributed by atoms with E-state index >= 15 is 0 Å². The van der Waals surface area contributed by atoms with Crippen LogP contribution in [0.15, 0.2) is 23.1 Å². The van der Waals surface area contributed by atoms with Crippen LogP contribution in [0.4, 0.5) is 0 Å². The molecule has 0 unspecified atom stereocenters. The van der Waals surface area contributed by atoms with Crippen LogP contribution in [-0.4, -0.2) is 19.7 Å². The van der Waals surface area contributed by atoms with Crippen LogP contribution in [0, 0.1) is 13.8 Å². The van der Waals surface area contributed by atoms with Gasteiger partial charge >= 0.3 is 0 Å². The van der Waals surface area contributed by atoms with Gasteiger partial charge in [0.05, 0.1) is 10.6 Å². The molecule has 1 aromatic carbocycles. The normalized spacial score (nSPS) is 12.8. The molecule has 3 nitrogen and oxygen atoms in total. The summed E-state index contributed by atoms with van der Waals surface area (Å²) in [4.78, 5) is 0.356. The highest BCUT2D eigenvalue weighted by Gasteiger charge is 2.23. The van der Waals surface area contributed by atoms with Gasteiger partial charge in [-0.15, -0.1) is 0 Å². The third-order valence-electron chi connectivity index (χ3n) is 2.40. The Kier molecular flexibility index (Phi) is 3.45. The first-order chi connectivity index (χ1) is 7.12. The summed E-state index contributed by atoms with van der Waals surface area (Å²) >= 11 is 0. The Morgan fingerprint density at radius 1 is 1.19 bits per heavy atom. The third-order valence-corrected chi connectivity index (χ3v) is 4.50. The summed E-state index contributed by atoms with van der Waals surface area (Å²) in [6.45, 7) is 7.29. The minimum atomic E-state index is -3.28. The van der Waals surface area contributed by atoms with Crippen molar-refractivity contribution in [1.82, 2.24) is 0 Å². The van der Waals surface area contributed by atoms with Crippen LogP contribution in [0.5, 0.6) is 0 Å². The number of sulfone groups is 1. The molecule has 0 fully saturated rings. The maximum Gasteiger partial charge on any atom is 0.180 e. The molecule has 0 amide bonds. The first kappa shape index (κ1) is 13.2. The highest BCUT2D eigenvalue weighted by atomic mass is 32.2. The van der Waals surface area contributed by atoms with Gasteiger partial charge in [0.15, 0.2) is 9.84 Å². The summed E-state index contributed by atoms with van der Waals surface area (Å²) in [5.74, 6) is -0.0392. The quantitative estimate of drug-likeness (QED) is 0.878. The van der Waals surface area contributed by atoms with Gasteiger partial charge in [0.2, 0.25) is 0 Å². The van der Waals surface area contributed by atoms with E-state index in [9.17, 15) is 8.42 Å². The minimum Gasteiger partial charge on any atom is -0.325 e. The molecule has 0 aliphatic carbocycles. The predicted octanol–water partition coefficient (Wildman–Crippen LogP) is 1.81. The molecule has 0 radical (unpaired) electrons. The summed E-state index contributed by atoms with van der Waals surface area (Å²) in [6.07, 6.45) is 0. The van der Waals surface area contributed by atoms with Gasteiger partial charge in [0.25, 0.3) is 0 Å². The van der Waals surface area contributed by atoms with Gasteiger partial charge in [-0.3, -0.25) is 0 Å². The zero-order chi connectivity index (χ0) is 12.6. The van der Waals surface area contributed by atoms with E-state index in [-0.39, 0.29) is 5.75 Å². The van der Waals surface area contributed by atoms with Gasteiger partial charge in [0, 0.05) is 5.54 Å². The van der Waals surface area contributed by atoms with Gasteiger partial charge in [-0.25, -0.2) is 8.42 Å². The lowest BCUT2D eigenvalue weighted by Crippen LogP contribution is -2.39. The van der Waals surface area contributed by atoms with Crippen molar-refractivity contribution in [3.63, 3.8) is 0 Å². The summed E-state index contributed by atoms with van der Waals surface area (Å²) in [6, 6.07) is 5.17. The third kappa shape index (κ3) is 3.32. The minimum absolute atomic E-state index is 0.0392. The van der Waals surface area contributed by atoms with Crippen molar-refractivity contribution in [3.05, 3.63) is 29.3 Å². The Hall–Kier alpha value is -0.870. The largest absolute Gasteiger partial charge is 0.325 e. The fourth-order valence-electron chi connectivity index (χ4n) is 1.48. The molecule has 0 atom stereocenters. The second-order valence-electron chi connectivity index (χ2n) is 4.99. The molecule has 1 aromatic rings. The molecule has 0 saturated heterocycles. The lowest BCUT2D eigenvalue weighted by molar-refractivity contribution is 0.544. The van der Waals surface area contributed by atoms with Gasteiger partial charge in [-0.05, 0) is 51.0 Å². The number of hydrogen-bond donors (Lipinski definition) is 1. The maximum absolute atomic E-state index is 12.0. The van der Waals surface area contributed by atoms with Crippen LogP contribution in [0.2, 0.25) is 0 Å². The molecule has 0 aromatic heterocycles. The maximum atomic E-state index is 12.0. The lowest BCUT2D eigenvalue weighted by atomic mass is 10.1. The van der Waals surface area contributed by atoms with Crippen molar-refractivity contribution in [2.24, 2.45) is 5.73 Å². The molecule has 0 aliphatic heterocycles. The smallest absolute Gasteiger partial charge is 0.180 e. The summed E-state index contributed by atoms with van der Waals surface area (Å²) in [7, 11) is -3.28.